The highest BCUT2D eigenvalue weighted by atomic mass is 16.3. The topological polar surface area (TPSA) is 20.2 Å². The van der Waals surface area contributed by atoms with E-state index >= 15 is 0 Å². The first-order valence-corrected chi connectivity index (χ1v) is 11.1. The standard InChI is InChI=1S/C23H44O/c1-7-10-16(4)13-19-14-17(5)15-20(22(19)24)21(8-2)23(9-3)12-11-18(23)6/h16-22,24H,7-15H2,1-6H3. The van der Waals surface area contributed by atoms with E-state index in [4.69, 9.17) is 0 Å². The Bertz CT molecular complexity index is 374. The highest BCUT2D eigenvalue weighted by molar-refractivity contribution is 5.02. The van der Waals surface area contributed by atoms with Crippen LogP contribution < -0.4 is 0 Å². The lowest BCUT2D eigenvalue weighted by Crippen LogP contribution is -2.52. The average molecular weight is 337 g/mol. The predicted octanol–water partition coefficient (Wildman–Crippen LogP) is 6.69. The fraction of sp³-hybridized carbons (Fsp3) is 1.00. The Balaban J connectivity index is 2.14. The van der Waals surface area contributed by atoms with Gasteiger partial charge in [0.05, 0.1) is 6.10 Å². The van der Waals surface area contributed by atoms with Gasteiger partial charge in [-0.05, 0) is 79.4 Å². The number of aliphatic hydroxyl groups is 1. The summed E-state index contributed by atoms with van der Waals surface area (Å²) in [6.45, 7) is 14.4. The fourth-order valence-electron chi connectivity index (χ4n) is 6.75. The Hall–Kier alpha value is -0.0400. The van der Waals surface area contributed by atoms with E-state index in [-0.39, 0.29) is 6.10 Å². The van der Waals surface area contributed by atoms with Crippen molar-refractivity contribution in [1.82, 2.24) is 0 Å². The van der Waals surface area contributed by atoms with Crippen molar-refractivity contribution in [3.05, 3.63) is 0 Å². The van der Waals surface area contributed by atoms with Crippen molar-refractivity contribution < 1.29 is 5.11 Å². The molecule has 2 aliphatic carbocycles. The summed E-state index contributed by atoms with van der Waals surface area (Å²) < 4.78 is 0. The molecule has 8 atom stereocenters. The molecule has 1 nitrogen and oxygen atoms in total. The van der Waals surface area contributed by atoms with Crippen molar-refractivity contribution in [2.24, 2.45) is 40.9 Å². The van der Waals surface area contributed by atoms with E-state index in [9.17, 15) is 5.11 Å². The number of rotatable bonds is 8. The molecular formula is C23H44O. The molecule has 1 N–H and O–H groups in total. The van der Waals surface area contributed by atoms with Crippen molar-refractivity contribution in [2.75, 3.05) is 0 Å². The molecule has 0 radical (unpaired) electrons. The number of hydrogen-bond donors (Lipinski definition) is 1. The summed E-state index contributed by atoms with van der Waals surface area (Å²) in [5.41, 5.74) is 0.525. The van der Waals surface area contributed by atoms with Gasteiger partial charge in [-0.15, -0.1) is 0 Å². The van der Waals surface area contributed by atoms with E-state index in [1.54, 1.807) is 0 Å². The lowest BCUT2D eigenvalue weighted by molar-refractivity contribution is -0.115. The van der Waals surface area contributed by atoms with E-state index < -0.39 is 0 Å². The molecule has 1 heteroatoms. The minimum Gasteiger partial charge on any atom is -0.393 e. The van der Waals surface area contributed by atoms with E-state index in [1.165, 1.54) is 57.8 Å². The Morgan fingerprint density at radius 1 is 1.12 bits per heavy atom. The van der Waals surface area contributed by atoms with Crippen LogP contribution in [0.15, 0.2) is 0 Å². The lowest BCUT2D eigenvalue weighted by atomic mass is 9.48. The van der Waals surface area contributed by atoms with Gasteiger partial charge >= 0.3 is 0 Å². The summed E-state index contributed by atoms with van der Waals surface area (Å²) in [5.74, 6) is 4.22. The molecule has 8 unspecified atom stereocenters. The van der Waals surface area contributed by atoms with Gasteiger partial charge in [-0.2, -0.15) is 0 Å². The third kappa shape index (κ3) is 3.87. The van der Waals surface area contributed by atoms with Crippen molar-refractivity contribution in [1.29, 1.82) is 0 Å². The molecule has 0 spiro atoms. The minimum absolute atomic E-state index is 0.0540. The Morgan fingerprint density at radius 3 is 2.29 bits per heavy atom. The van der Waals surface area contributed by atoms with Crippen molar-refractivity contribution >= 4 is 0 Å². The molecule has 0 amide bonds. The van der Waals surface area contributed by atoms with Gasteiger partial charge in [0, 0.05) is 0 Å². The third-order valence-electron chi connectivity index (χ3n) is 8.17. The van der Waals surface area contributed by atoms with E-state index in [0.29, 0.717) is 17.3 Å². The molecule has 0 saturated heterocycles. The van der Waals surface area contributed by atoms with Crippen molar-refractivity contribution in [3.8, 4) is 0 Å². The van der Waals surface area contributed by atoms with Gasteiger partial charge in [0.15, 0.2) is 0 Å². The van der Waals surface area contributed by atoms with Crippen molar-refractivity contribution in [2.45, 2.75) is 105 Å². The van der Waals surface area contributed by atoms with Crippen LogP contribution in [-0.4, -0.2) is 11.2 Å². The molecule has 0 aromatic heterocycles. The second-order valence-electron chi connectivity index (χ2n) is 9.66. The molecule has 0 aromatic rings. The fourth-order valence-corrected chi connectivity index (χ4v) is 6.75. The van der Waals surface area contributed by atoms with E-state index in [2.05, 4.69) is 41.5 Å². The van der Waals surface area contributed by atoms with Gasteiger partial charge in [0.2, 0.25) is 0 Å². The summed E-state index contributed by atoms with van der Waals surface area (Å²) in [6.07, 6.45) is 11.6. The lowest BCUT2D eigenvalue weighted by Gasteiger charge is -2.57. The monoisotopic (exact) mass is 336 g/mol. The largest absolute Gasteiger partial charge is 0.393 e. The highest BCUT2D eigenvalue weighted by Crippen LogP contribution is 2.59. The SMILES string of the molecule is CCCC(C)CC1CC(C)CC(C(CC)C2(CC)CCC2C)C1O. The molecular weight excluding hydrogens is 292 g/mol. The maximum atomic E-state index is 11.3. The van der Waals surface area contributed by atoms with Crippen LogP contribution in [-0.2, 0) is 0 Å². The van der Waals surface area contributed by atoms with Crippen molar-refractivity contribution in [3.63, 3.8) is 0 Å². The molecule has 0 aromatic carbocycles. The summed E-state index contributed by atoms with van der Waals surface area (Å²) in [7, 11) is 0. The van der Waals surface area contributed by atoms with Crippen LogP contribution in [0.3, 0.4) is 0 Å². The molecule has 2 rings (SSSR count). The molecule has 2 aliphatic rings. The zero-order chi connectivity index (χ0) is 17.9. The number of aliphatic hydroxyl groups excluding tert-OH is 1. The minimum atomic E-state index is -0.0540. The van der Waals surface area contributed by atoms with Gasteiger partial charge in [-0.25, -0.2) is 0 Å². The van der Waals surface area contributed by atoms with Gasteiger partial charge < -0.3 is 5.11 Å². The van der Waals surface area contributed by atoms with Crippen LogP contribution in [0, 0.1) is 40.9 Å². The molecule has 2 saturated carbocycles. The first-order valence-electron chi connectivity index (χ1n) is 11.1. The second-order valence-corrected chi connectivity index (χ2v) is 9.66. The molecule has 2 fully saturated rings. The second kappa shape index (κ2) is 8.56. The first kappa shape index (κ1) is 20.3. The van der Waals surface area contributed by atoms with Gasteiger partial charge in [0.1, 0.15) is 0 Å². The zero-order valence-electron chi connectivity index (χ0n) is 17.4. The van der Waals surface area contributed by atoms with Gasteiger partial charge in [0.25, 0.3) is 0 Å². The van der Waals surface area contributed by atoms with Crippen LogP contribution in [0.4, 0.5) is 0 Å². The highest BCUT2D eigenvalue weighted by Gasteiger charge is 2.52. The molecule has 0 heterocycles. The Kier molecular flexibility index (Phi) is 7.23. The molecule has 24 heavy (non-hydrogen) atoms. The van der Waals surface area contributed by atoms with E-state index in [1.807, 2.05) is 0 Å². The Morgan fingerprint density at radius 2 is 1.83 bits per heavy atom. The normalized spacial score (nSPS) is 42.4. The molecule has 0 bridgehead atoms. The van der Waals surface area contributed by atoms with Gasteiger partial charge in [-0.1, -0.05) is 60.8 Å². The summed E-state index contributed by atoms with van der Waals surface area (Å²) in [5, 5.41) is 11.3. The molecule has 0 aliphatic heterocycles. The van der Waals surface area contributed by atoms with Gasteiger partial charge in [-0.3, -0.25) is 0 Å². The average Bonchev–Trinajstić information content (AvgIpc) is 2.54. The van der Waals surface area contributed by atoms with Crippen LogP contribution >= 0.6 is 0 Å². The Labute approximate surface area is 152 Å². The van der Waals surface area contributed by atoms with E-state index in [0.717, 1.165) is 23.7 Å². The maximum Gasteiger partial charge on any atom is 0.0599 e. The van der Waals surface area contributed by atoms with Crippen LogP contribution in [0.2, 0.25) is 0 Å². The van der Waals surface area contributed by atoms with Crippen LogP contribution in [0.1, 0.15) is 99.3 Å². The number of hydrogen-bond acceptors (Lipinski definition) is 1. The van der Waals surface area contributed by atoms with Crippen LogP contribution in [0.5, 0.6) is 0 Å². The third-order valence-corrected chi connectivity index (χ3v) is 8.17. The molecule has 142 valence electrons. The summed E-state index contributed by atoms with van der Waals surface area (Å²) in [4.78, 5) is 0. The predicted molar refractivity (Wildman–Crippen MR) is 105 cm³/mol. The maximum absolute atomic E-state index is 11.3. The summed E-state index contributed by atoms with van der Waals surface area (Å²) in [6, 6.07) is 0. The summed E-state index contributed by atoms with van der Waals surface area (Å²) >= 11 is 0. The zero-order valence-corrected chi connectivity index (χ0v) is 17.4. The quantitative estimate of drug-likeness (QED) is 0.523. The van der Waals surface area contributed by atoms with Crippen LogP contribution in [0.25, 0.3) is 0 Å². The smallest absolute Gasteiger partial charge is 0.0599 e. The first-order chi connectivity index (χ1) is 11.4.